The van der Waals surface area contributed by atoms with E-state index in [1.54, 1.807) is 12.4 Å². The summed E-state index contributed by atoms with van der Waals surface area (Å²) >= 11 is 5.59. The van der Waals surface area contributed by atoms with Crippen molar-refractivity contribution in [2.75, 3.05) is 5.88 Å². The van der Waals surface area contributed by atoms with Gasteiger partial charge in [0.15, 0.2) is 5.78 Å². The number of ketones is 1. The fourth-order valence-corrected chi connectivity index (χ4v) is 2.12. The van der Waals surface area contributed by atoms with Gasteiger partial charge in [-0.1, -0.05) is 26.2 Å². The first-order valence-corrected chi connectivity index (χ1v) is 7.32. The fraction of sp³-hybridized carbons (Fsp3) is 0.643. The van der Waals surface area contributed by atoms with E-state index in [9.17, 15) is 9.59 Å². The predicted octanol–water partition coefficient (Wildman–Crippen LogP) is 2.61. The standard InChI is InChI=1S/C14H21ClN2O2/c1-2-3-4-7-12(13(18)9-15)17-14(19)11-6-5-8-16-10-11/h8,10,12H,2-7,9H2,1H3,(H,17,19)/t12-/m0/s1. The SMILES string of the molecule is CCCCC[C@H](NC(=O)C1=CN=CCC1)C(=O)CCl. The van der Waals surface area contributed by atoms with Gasteiger partial charge in [-0.2, -0.15) is 0 Å². The fourth-order valence-electron chi connectivity index (χ4n) is 1.93. The van der Waals surface area contributed by atoms with Crippen molar-refractivity contribution in [3.8, 4) is 0 Å². The van der Waals surface area contributed by atoms with Crippen LogP contribution in [0.5, 0.6) is 0 Å². The molecule has 0 bridgehead atoms. The molecule has 0 fully saturated rings. The molecule has 0 unspecified atom stereocenters. The summed E-state index contributed by atoms with van der Waals surface area (Å²) < 4.78 is 0. The van der Waals surface area contributed by atoms with E-state index in [1.807, 2.05) is 0 Å². The number of nitrogens with one attached hydrogen (secondary N) is 1. The number of rotatable bonds is 8. The number of hydrogen-bond acceptors (Lipinski definition) is 3. The Morgan fingerprint density at radius 1 is 1.47 bits per heavy atom. The van der Waals surface area contributed by atoms with Crippen LogP contribution in [0.4, 0.5) is 0 Å². The number of halogens is 1. The first kappa shape index (κ1) is 15.9. The van der Waals surface area contributed by atoms with Crippen molar-refractivity contribution in [3.05, 3.63) is 11.8 Å². The third-order valence-electron chi connectivity index (χ3n) is 3.09. The molecule has 0 aromatic carbocycles. The minimum absolute atomic E-state index is 0.0612. The summed E-state index contributed by atoms with van der Waals surface area (Å²) in [5.74, 6) is -0.378. The van der Waals surface area contributed by atoms with E-state index in [-0.39, 0.29) is 17.6 Å². The second kappa shape index (κ2) is 8.86. The molecular formula is C14H21ClN2O2. The number of carbonyl (C=O) groups excluding carboxylic acids is 2. The number of aliphatic imine (C=N–C) groups is 1. The van der Waals surface area contributed by atoms with Gasteiger partial charge in [0, 0.05) is 18.0 Å². The molecular weight excluding hydrogens is 264 g/mol. The number of hydrogen-bond donors (Lipinski definition) is 1. The van der Waals surface area contributed by atoms with Gasteiger partial charge in [-0.25, -0.2) is 0 Å². The van der Waals surface area contributed by atoms with Crippen LogP contribution in [0.3, 0.4) is 0 Å². The van der Waals surface area contributed by atoms with Gasteiger partial charge in [-0.05, 0) is 19.3 Å². The van der Waals surface area contributed by atoms with E-state index in [4.69, 9.17) is 11.6 Å². The van der Waals surface area contributed by atoms with Gasteiger partial charge in [0.2, 0.25) is 5.91 Å². The average molecular weight is 285 g/mol. The van der Waals surface area contributed by atoms with E-state index >= 15 is 0 Å². The maximum atomic E-state index is 12.0. The third-order valence-corrected chi connectivity index (χ3v) is 3.36. The van der Waals surface area contributed by atoms with E-state index in [0.717, 1.165) is 25.7 Å². The monoisotopic (exact) mass is 284 g/mol. The van der Waals surface area contributed by atoms with Gasteiger partial charge in [-0.15, -0.1) is 11.6 Å². The highest BCUT2D eigenvalue weighted by atomic mass is 35.5. The number of amides is 1. The van der Waals surface area contributed by atoms with Crippen LogP contribution in [0, 0.1) is 0 Å². The van der Waals surface area contributed by atoms with Gasteiger partial charge in [0.25, 0.3) is 0 Å². The maximum Gasteiger partial charge on any atom is 0.249 e. The summed E-state index contributed by atoms with van der Waals surface area (Å²) in [6.07, 6.45) is 8.48. The lowest BCUT2D eigenvalue weighted by molar-refractivity contribution is -0.124. The predicted molar refractivity (Wildman–Crippen MR) is 77.6 cm³/mol. The topological polar surface area (TPSA) is 58.5 Å². The Labute approximate surface area is 119 Å². The number of unbranched alkanes of at least 4 members (excludes halogenated alkanes) is 2. The first-order valence-electron chi connectivity index (χ1n) is 6.79. The van der Waals surface area contributed by atoms with Crippen LogP contribution in [0.15, 0.2) is 16.8 Å². The first-order chi connectivity index (χ1) is 9.19. The summed E-state index contributed by atoms with van der Waals surface area (Å²) in [5, 5.41) is 2.78. The van der Waals surface area contributed by atoms with E-state index in [0.29, 0.717) is 18.4 Å². The van der Waals surface area contributed by atoms with Crippen molar-refractivity contribution in [1.29, 1.82) is 0 Å². The van der Waals surface area contributed by atoms with Crippen LogP contribution in [0.2, 0.25) is 0 Å². The van der Waals surface area contributed by atoms with Crippen LogP contribution in [0.1, 0.15) is 45.4 Å². The molecule has 106 valence electrons. The summed E-state index contributed by atoms with van der Waals surface area (Å²) in [6, 6.07) is -0.469. The van der Waals surface area contributed by atoms with Crippen molar-refractivity contribution >= 4 is 29.5 Å². The highest BCUT2D eigenvalue weighted by Gasteiger charge is 2.21. The molecule has 1 N–H and O–H groups in total. The van der Waals surface area contributed by atoms with Crippen LogP contribution in [0.25, 0.3) is 0 Å². The zero-order valence-electron chi connectivity index (χ0n) is 11.3. The lowest BCUT2D eigenvalue weighted by atomic mass is 10.0. The second-order valence-electron chi connectivity index (χ2n) is 4.65. The molecule has 0 radical (unpaired) electrons. The van der Waals surface area contributed by atoms with E-state index in [1.165, 1.54) is 0 Å². The minimum atomic E-state index is -0.469. The van der Waals surface area contributed by atoms with Crippen LogP contribution in [-0.2, 0) is 9.59 Å². The Morgan fingerprint density at radius 2 is 2.26 bits per heavy atom. The number of Topliss-reactive ketones (excluding diaryl/α,β-unsaturated/α-hetero) is 1. The maximum absolute atomic E-state index is 12.0. The molecule has 0 aromatic heterocycles. The van der Waals surface area contributed by atoms with Crippen molar-refractivity contribution in [2.45, 2.75) is 51.5 Å². The van der Waals surface area contributed by atoms with Gasteiger partial charge in [0.05, 0.1) is 11.9 Å². The molecule has 1 atom stereocenters. The molecule has 5 heteroatoms. The smallest absolute Gasteiger partial charge is 0.249 e. The van der Waals surface area contributed by atoms with E-state index in [2.05, 4.69) is 17.2 Å². The molecule has 0 aliphatic carbocycles. The largest absolute Gasteiger partial charge is 0.342 e. The van der Waals surface area contributed by atoms with Gasteiger partial charge >= 0.3 is 0 Å². The molecule has 1 rings (SSSR count). The summed E-state index contributed by atoms with van der Waals surface area (Å²) in [7, 11) is 0. The normalized spacial score (nSPS) is 15.8. The molecule has 1 heterocycles. The van der Waals surface area contributed by atoms with Crippen LogP contribution >= 0.6 is 11.6 Å². The Balaban J connectivity index is 2.55. The molecule has 1 amide bonds. The average Bonchev–Trinajstić information content (AvgIpc) is 2.46. The third kappa shape index (κ3) is 5.55. The lowest BCUT2D eigenvalue weighted by Gasteiger charge is -2.18. The number of carbonyl (C=O) groups is 2. The van der Waals surface area contributed by atoms with Gasteiger partial charge in [-0.3, -0.25) is 14.6 Å². The zero-order chi connectivity index (χ0) is 14.1. The molecule has 4 nitrogen and oxygen atoms in total. The number of nitrogens with zero attached hydrogens (tertiary/aromatic N) is 1. The highest BCUT2D eigenvalue weighted by molar-refractivity contribution is 6.28. The van der Waals surface area contributed by atoms with Gasteiger partial charge in [0.1, 0.15) is 0 Å². The second-order valence-corrected chi connectivity index (χ2v) is 4.91. The molecule has 0 saturated heterocycles. The lowest BCUT2D eigenvalue weighted by Crippen LogP contribution is -2.42. The summed E-state index contributed by atoms with van der Waals surface area (Å²) in [4.78, 5) is 27.7. The molecule has 19 heavy (non-hydrogen) atoms. The van der Waals surface area contributed by atoms with Crippen molar-refractivity contribution < 1.29 is 9.59 Å². The summed E-state index contributed by atoms with van der Waals surface area (Å²) in [6.45, 7) is 2.10. The van der Waals surface area contributed by atoms with Gasteiger partial charge < -0.3 is 5.32 Å². The summed E-state index contributed by atoms with van der Waals surface area (Å²) in [5.41, 5.74) is 0.630. The number of alkyl halides is 1. The Hall–Kier alpha value is -1.16. The highest BCUT2D eigenvalue weighted by Crippen LogP contribution is 2.11. The Morgan fingerprint density at radius 3 is 2.84 bits per heavy atom. The quantitative estimate of drug-likeness (QED) is 0.550. The Kier molecular flexibility index (Phi) is 7.41. The van der Waals surface area contributed by atoms with E-state index < -0.39 is 6.04 Å². The molecule has 1 aliphatic rings. The van der Waals surface area contributed by atoms with Crippen molar-refractivity contribution in [2.24, 2.45) is 4.99 Å². The van der Waals surface area contributed by atoms with Crippen molar-refractivity contribution in [1.82, 2.24) is 5.32 Å². The van der Waals surface area contributed by atoms with Crippen LogP contribution in [-0.4, -0.2) is 29.8 Å². The molecule has 1 aliphatic heterocycles. The zero-order valence-corrected chi connectivity index (χ0v) is 12.1. The van der Waals surface area contributed by atoms with Crippen molar-refractivity contribution in [3.63, 3.8) is 0 Å². The van der Waals surface area contributed by atoms with Crippen LogP contribution < -0.4 is 5.32 Å². The molecule has 0 aromatic rings. The minimum Gasteiger partial charge on any atom is -0.342 e. The molecule has 0 spiro atoms. The molecule has 0 saturated carbocycles. The Bertz CT molecular complexity index is 378.